The Balaban J connectivity index is 2.94. The Morgan fingerprint density at radius 2 is 2.33 bits per heavy atom. The number of hydrogen-bond acceptors (Lipinski definition) is 2. The van der Waals surface area contributed by atoms with Gasteiger partial charge in [-0.2, -0.15) is 10.4 Å². The Labute approximate surface area is 69.6 Å². The molecule has 0 aliphatic rings. The predicted octanol–water partition coefficient (Wildman–Crippen LogP) is 1.74. The molecule has 0 fully saturated rings. The van der Waals surface area contributed by atoms with Crippen molar-refractivity contribution in [3.8, 4) is 6.07 Å². The first-order valence-corrected chi connectivity index (χ1v) is 3.65. The summed E-state index contributed by atoms with van der Waals surface area (Å²) in [4.78, 5) is 0. The highest BCUT2D eigenvalue weighted by molar-refractivity contribution is 5.86. The van der Waals surface area contributed by atoms with E-state index in [1.54, 1.807) is 12.3 Å². The van der Waals surface area contributed by atoms with Crippen molar-refractivity contribution in [1.29, 1.82) is 5.26 Å². The molecule has 0 bridgehead atoms. The van der Waals surface area contributed by atoms with E-state index in [0.29, 0.717) is 5.56 Å². The Morgan fingerprint density at radius 1 is 1.50 bits per heavy atom. The van der Waals surface area contributed by atoms with E-state index in [9.17, 15) is 0 Å². The van der Waals surface area contributed by atoms with E-state index in [2.05, 4.69) is 16.3 Å². The zero-order chi connectivity index (χ0) is 8.55. The Morgan fingerprint density at radius 3 is 3.08 bits per heavy atom. The number of H-pyrrole nitrogens is 1. The number of nitrogens with one attached hydrogen (secondary N) is 1. The summed E-state index contributed by atoms with van der Waals surface area (Å²) in [6.07, 6.45) is 1.74. The van der Waals surface area contributed by atoms with Crippen LogP contribution < -0.4 is 0 Å². The maximum absolute atomic E-state index is 8.75. The Bertz CT molecular complexity index is 462. The van der Waals surface area contributed by atoms with Crippen molar-refractivity contribution in [3.63, 3.8) is 0 Å². The van der Waals surface area contributed by atoms with Gasteiger partial charge in [-0.25, -0.2) is 0 Å². The molecule has 0 saturated heterocycles. The van der Waals surface area contributed by atoms with Crippen molar-refractivity contribution in [2.24, 2.45) is 0 Å². The van der Waals surface area contributed by atoms with E-state index in [1.807, 2.05) is 13.0 Å². The molecule has 2 aromatic rings. The number of rotatable bonds is 0. The van der Waals surface area contributed by atoms with Crippen LogP contribution in [0.25, 0.3) is 10.9 Å². The lowest BCUT2D eigenvalue weighted by Gasteiger charge is -1.95. The van der Waals surface area contributed by atoms with E-state index < -0.39 is 0 Å². The van der Waals surface area contributed by atoms with Crippen molar-refractivity contribution in [2.75, 3.05) is 0 Å². The smallest absolute Gasteiger partial charge is 0.101 e. The van der Waals surface area contributed by atoms with E-state index in [-0.39, 0.29) is 0 Å². The molecule has 58 valence electrons. The van der Waals surface area contributed by atoms with Gasteiger partial charge in [0.1, 0.15) is 6.07 Å². The Hall–Kier alpha value is -1.82. The fourth-order valence-corrected chi connectivity index (χ4v) is 1.27. The molecular weight excluding hydrogens is 150 g/mol. The van der Waals surface area contributed by atoms with E-state index in [4.69, 9.17) is 5.26 Å². The number of nitrogens with zero attached hydrogens (tertiary/aromatic N) is 2. The first-order valence-electron chi connectivity index (χ1n) is 3.65. The molecule has 0 amide bonds. The molecule has 1 aromatic heterocycles. The summed E-state index contributed by atoms with van der Waals surface area (Å²) in [5.74, 6) is 0. The predicted molar refractivity (Wildman–Crippen MR) is 45.5 cm³/mol. The molecular formula is C9H7N3. The van der Waals surface area contributed by atoms with Crippen LogP contribution in [0.2, 0.25) is 0 Å². The molecule has 1 N–H and O–H groups in total. The standard InChI is InChI=1S/C9H7N3/c1-6-2-3-7(4-10)9-8(6)5-11-12-9/h2-3,5H,1H3,(H,11,12). The summed E-state index contributed by atoms with van der Waals surface area (Å²) in [6, 6.07) is 5.84. The minimum absolute atomic E-state index is 0.646. The highest BCUT2D eigenvalue weighted by Gasteiger charge is 2.03. The van der Waals surface area contributed by atoms with Gasteiger partial charge in [0.15, 0.2) is 0 Å². The fourth-order valence-electron chi connectivity index (χ4n) is 1.27. The van der Waals surface area contributed by atoms with Gasteiger partial charge in [-0.05, 0) is 18.6 Å². The highest BCUT2D eigenvalue weighted by atomic mass is 15.1. The average Bonchev–Trinajstić information content (AvgIpc) is 2.54. The lowest BCUT2D eigenvalue weighted by molar-refractivity contribution is 1.12. The zero-order valence-electron chi connectivity index (χ0n) is 6.63. The number of nitriles is 1. The van der Waals surface area contributed by atoms with E-state index >= 15 is 0 Å². The normalized spacial score (nSPS) is 10.0. The number of aryl methyl sites for hydroxylation is 1. The highest BCUT2D eigenvalue weighted by Crippen LogP contribution is 2.18. The molecule has 0 saturated carbocycles. The maximum atomic E-state index is 8.75. The second kappa shape index (κ2) is 2.35. The Kier molecular flexibility index (Phi) is 1.34. The molecule has 3 heteroatoms. The molecule has 0 aliphatic carbocycles. The first-order chi connectivity index (χ1) is 5.83. The number of benzene rings is 1. The van der Waals surface area contributed by atoms with E-state index in [1.165, 1.54) is 0 Å². The summed E-state index contributed by atoms with van der Waals surface area (Å²) in [6.45, 7) is 2.00. The van der Waals surface area contributed by atoms with Gasteiger partial charge in [0.2, 0.25) is 0 Å². The summed E-state index contributed by atoms with van der Waals surface area (Å²) in [5.41, 5.74) is 2.61. The van der Waals surface area contributed by atoms with Crippen LogP contribution in [-0.4, -0.2) is 10.2 Å². The lowest BCUT2D eigenvalue weighted by Crippen LogP contribution is -1.80. The third-order valence-corrected chi connectivity index (χ3v) is 1.95. The monoisotopic (exact) mass is 157 g/mol. The van der Waals surface area contributed by atoms with Crippen molar-refractivity contribution >= 4 is 10.9 Å². The molecule has 3 nitrogen and oxygen atoms in total. The molecule has 0 aliphatic heterocycles. The van der Waals surface area contributed by atoms with Crippen molar-refractivity contribution in [3.05, 3.63) is 29.5 Å². The summed E-state index contributed by atoms with van der Waals surface area (Å²) in [5, 5.41) is 16.5. The van der Waals surface area contributed by atoms with Gasteiger partial charge in [0.05, 0.1) is 17.3 Å². The zero-order valence-corrected chi connectivity index (χ0v) is 6.63. The number of hydrogen-bond donors (Lipinski definition) is 1. The number of aromatic nitrogens is 2. The van der Waals surface area contributed by atoms with Gasteiger partial charge >= 0.3 is 0 Å². The van der Waals surface area contributed by atoms with Crippen LogP contribution in [0.4, 0.5) is 0 Å². The minimum Gasteiger partial charge on any atom is -0.276 e. The van der Waals surface area contributed by atoms with E-state index in [0.717, 1.165) is 16.5 Å². The quantitative estimate of drug-likeness (QED) is 0.633. The summed E-state index contributed by atoms with van der Waals surface area (Å²) < 4.78 is 0. The topological polar surface area (TPSA) is 52.5 Å². The lowest BCUT2D eigenvalue weighted by atomic mass is 10.1. The minimum atomic E-state index is 0.646. The average molecular weight is 157 g/mol. The summed E-state index contributed by atoms with van der Waals surface area (Å²) in [7, 11) is 0. The second-order valence-corrected chi connectivity index (χ2v) is 2.70. The van der Waals surface area contributed by atoms with Crippen LogP contribution in [-0.2, 0) is 0 Å². The fraction of sp³-hybridized carbons (Fsp3) is 0.111. The van der Waals surface area contributed by atoms with Crippen LogP contribution in [0.1, 0.15) is 11.1 Å². The third-order valence-electron chi connectivity index (χ3n) is 1.95. The molecule has 12 heavy (non-hydrogen) atoms. The third kappa shape index (κ3) is 0.785. The SMILES string of the molecule is Cc1ccc(C#N)c2[nH]ncc12. The van der Waals surface area contributed by atoms with Crippen molar-refractivity contribution in [2.45, 2.75) is 6.92 Å². The second-order valence-electron chi connectivity index (χ2n) is 2.70. The van der Waals surface area contributed by atoms with Crippen LogP contribution in [0.15, 0.2) is 18.3 Å². The maximum Gasteiger partial charge on any atom is 0.101 e. The van der Waals surface area contributed by atoms with Crippen LogP contribution in [0.3, 0.4) is 0 Å². The van der Waals surface area contributed by atoms with Crippen LogP contribution >= 0.6 is 0 Å². The number of fused-ring (bicyclic) bond motifs is 1. The molecule has 0 atom stereocenters. The van der Waals surface area contributed by atoms with Gasteiger partial charge in [0, 0.05) is 5.39 Å². The summed E-state index contributed by atoms with van der Waals surface area (Å²) >= 11 is 0. The number of aromatic amines is 1. The van der Waals surface area contributed by atoms with Gasteiger partial charge in [-0.3, -0.25) is 5.10 Å². The van der Waals surface area contributed by atoms with Crippen LogP contribution in [0, 0.1) is 18.3 Å². The largest absolute Gasteiger partial charge is 0.276 e. The van der Waals surface area contributed by atoms with Gasteiger partial charge < -0.3 is 0 Å². The molecule has 0 spiro atoms. The molecule has 2 rings (SSSR count). The van der Waals surface area contributed by atoms with Gasteiger partial charge in [-0.15, -0.1) is 0 Å². The van der Waals surface area contributed by atoms with Crippen molar-refractivity contribution in [1.82, 2.24) is 10.2 Å². The molecule has 1 aromatic carbocycles. The molecule has 0 radical (unpaired) electrons. The van der Waals surface area contributed by atoms with Crippen molar-refractivity contribution < 1.29 is 0 Å². The molecule has 1 heterocycles. The first kappa shape index (κ1) is 6.86. The van der Waals surface area contributed by atoms with Gasteiger partial charge in [-0.1, -0.05) is 6.07 Å². The molecule has 0 unspecified atom stereocenters. The van der Waals surface area contributed by atoms with Crippen LogP contribution in [0.5, 0.6) is 0 Å². The van der Waals surface area contributed by atoms with Gasteiger partial charge in [0.25, 0.3) is 0 Å².